The third kappa shape index (κ3) is 49.3. The lowest BCUT2D eigenvalue weighted by Gasteiger charge is -2.18. The smallest absolute Gasteiger partial charge is 0.306 e. The number of esters is 3. The number of hydrogen-bond donors (Lipinski definition) is 0. The monoisotopic (exact) mass is 863 g/mol. The van der Waals surface area contributed by atoms with E-state index in [0.29, 0.717) is 19.3 Å². The number of rotatable bonds is 50. The molecule has 1 atom stereocenters. The van der Waals surface area contributed by atoms with Crippen molar-refractivity contribution in [2.24, 2.45) is 5.92 Å². The van der Waals surface area contributed by atoms with Gasteiger partial charge in [-0.1, -0.05) is 272 Å². The van der Waals surface area contributed by atoms with Gasteiger partial charge in [0.05, 0.1) is 0 Å². The van der Waals surface area contributed by atoms with Gasteiger partial charge in [-0.15, -0.1) is 0 Å². The van der Waals surface area contributed by atoms with Crippen LogP contribution in [0.3, 0.4) is 0 Å². The van der Waals surface area contributed by atoms with Gasteiger partial charge in [-0.25, -0.2) is 0 Å². The maximum atomic E-state index is 12.7. The topological polar surface area (TPSA) is 78.9 Å². The summed E-state index contributed by atoms with van der Waals surface area (Å²) in [5, 5.41) is 0. The SMILES string of the molecule is CCCCCCCCCCCCCCCCCC(=O)OC[C@H](COC(=O)CCCCCCCCCCCCCCCCCCCCC(C)C)OC(=O)CCCCCCCCC. The zero-order valence-corrected chi connectivity index (χ0v) is 41.6. The van der Waals surface area contributed by atoms with Gasteiger partial charge in [0.2, 0.25) is 0 Å². The van der Waals surface area contributed by atoms with Crippen molar-refractivity contribution in [2.45, 2.75) is 316 Å². The third-order valence-electron chi connectivity index (χ3n) is 12.5. The van der Waals surface area contributed by atoms with Gasteiger partial charge in [0.25, 0.3) is 0 Å². The maximum Gasteiger partial charge on any atom is 0.306 e. The van der Waals surface area contributed by atoms with Crippen LogP contribution in [0.15, 0.2) is 0 Å². The minimum absolute atomic E-state index is 0.0630. The summed E-state index contributed by atoms with van der Waals surface area (Å²) in [6.07, 6.45) is 52.5. The molecule has 0 aromatic carbocycles. The molecule has 0 amide bonds. The molecule has 0 radical (unpaired) electrons. The predicted octanol–water partition coefficient (Wildman–Crippen LogP) is 17.8. The number of carbonyl (C=O) groups is 3. The van der Waals surface area contributed by atoms with Crippen molar-refractivity contribution < 1.29 is 28.6 Å². The van der Waals surface area contributed by atoms with E-state index in [1.807, 2.05) is 0 Å². The van der Waals surface area contributed by atoms with E-state index >= 15 is 0 Å². The Hall–Kier alpha value is -1.59. The van der Waals surface area contributed by atoms with E-state index in [4.69, 9.17) is 14.2 Å². The molecule has 0 spiro atoms. The lowest BCUT2D eigenvalue weighted by Crippen LogP contribution is -2.30. The molecule has 0 aliphatic carbocycles. The Bertz CT molecular complexity index is 918. The number of unbranched alkanes of at least 4 members (excludes halogenated alkanes) is 37. The molecule has 0 heterocycles. The lowest BCUT2D eigenvalue weighted by atomic mass is 10.0. The first-order valence-corrected chi connectivity index (χ1v) is 27.4. The van der Waals surface area contributed by atoms with Crippen LogP contribution in [0, 0.1) is 5.92 Å². The van der Waals surface area contributed by atoms with Crippen molar-refractivity contribution in [3.63, 3.8) is 0 Å². The highest BCUT2D eigenvalue weighted by Gasteiger charge is 2.19. The maximum absolute atomic E-state index is 12.7. The molecule has 0 N–H and O–H groups in total. The molecular weight excluding hydrogens is 757 g/mol. The van der Waals surface area contributed by atoms with Crippen LogP contribution in [0.25, 0.3) is 0 Å². The van der Waals surface area contributed by atoms with Gasteiger partial charge in [-0.2, -0.15) is 0 Å². The van der Waals surface area contributed by atoms with Gasteiger partial charge < -0.3 is 14.2 Å². The first kappa shape index (κ1) is 59.4. The summed E-state index contributed by atoms with van der Waals surface area (Å²) in [5.74, 6) is 0.0113. The number of hydrogen-bond acceptors (Lipinski definition) is 6. The highest BCUT2D eigenvalue weighted by Crippen LogP contribution is 2.18. The van der Waals surface area contributed by atoms with Crippen molar-refractivity contribution in [3.05, 3.63) is 0 Å². The van der Waals surface area contributed by atoms with Crippen molar-refractivity contribution in [2.75, 3.05) is 13.2 Å². The Morgan fingerprint density at radius 3 is 0.803 bits per heavy atom. The molecule has 6 nitrogen and oxygen atoms in total. The Kier molecular flexibility index (Phi) is 48.1. The average Bonchev–Trinajstić information content (AvgIpc) is 3.24. The van der Waals surface area contributed by atoms with Crippen LogP contribution >= 0.6 is 0 Å². The molecule has 0 aromatic heterocycles. The van der Waals surface area contributed by atoms with Crippen molar-refractivity contribution >= 4 is 17.9 Å². The van der Waals surface area contributed by atoms with Gasteiger partial charge in [0.15, 0.2) is 6.10 Å². The summed E-state index contributed by atoms with van der Waals surface area (Å²) >= 11 is 0. The molecule has 0 rings (SSSR count). The van der Waals surface area contributed by atoms with Gasteiger partial charge in [0, 0.05) is 19.3 Å². The zero-order chi connectivity index (χ0) is 44.5. The molecule has 0 aliphatic rings. The minimum atomic E-state index is -0.759. The molecule has 0 aliphatic heterocycles. The van der Waals surface area contributed by atoms with E-state index in [1.165, 1.54) is 205 Å². The third-order valence-corrected chi connectivity index (χ3v) is 12.5. The molecule has 6 heteroatoms. The van der Waals surface area contributed by atoms with Crippen LogP contribution in [0.1, 0.15) is 310 Å². The van der Waals surface area contributed by atoms with Gasteiger partial charge >= 0.3 is 17.9 Å². The molecule has 0 aromatic rings. The van der Waals surface area contributed by atoms with E-state index in [-0.39, 0.29) is 31.1 Å². The molecule has 0 saturated heterocycles. The molecule has 0 fully saturated rings. The summed E-state index contributed by atoms with van der Waals surface area (Å²) < 4.78 is 16.8. The zero-order valence-electron chi connectivity index (χ0n) is 41.6. The van der Waals surface area contributed by atoms with Crippen LogP contribution in [-0.4, -0.2) is 37.2 Å². The molecule has 0 bridgehead atoms. The second-order valence-electron chi connectivity index (χ2n) is 19.3. The second-order valence-corrected chi connectivity index (χ2v) is 19.3. The fourth-order valence-electron chi connectivity index (χ4n) is 8.39. The van der Waals surface area contributed by atoms with Gasteiger partial charge in [0.1, 0.15) is 13.2 Å². The van der Waals surface area contributed by atoms with Crippen LogP contribution in [0.4, 0.5) is 0 Å². The van der Waals surface area contributed by atoms with Gasteiger partial charge in [-0.05, 0) is 25.2 Å². The standard InChI is InChI=1S/C55H106O6/c1-5-7-9-11-13-14-15-16-21-25-28-31-35-38-42-46-53(56)59-49-52(61-55(58)48-44-40-33-12-10-8-6-2)50-60-54(57)47-43-39-36-32-29-26-23-20-18-17-19-22-24-27-30-34-37-41-45-51(3)4/h51-52H,5-50H2,1-4H3/t52-/m1/s1. The summed E-state index contributed by atoms with van der Waals surface area (Å²) in [5.41, 5.74) is 0. The van der Waals surface area contributed by atoms with Crippen LogP contribution in [0.5, 0.6) is 0 Å². The van der Waals surface area contributed by atoms with E-state index in [0.717, 1.165) is 63.7 Å². The first-order valence-electron chi connectivity index (χ1n) is 27.4. The highest BCUT2D eigenvalue weighted by atomic mass is 16.6. The van der Waals surface area contributed by atoms with Crippen molar-refractivity contribution in [1.29, 1.82) is 0 Å². The lowest BCUT2D eigenvalue weighted by molar-refractivity contribution is -0.167. The quantitative estimate of drug-likeness (QED) is 0.0344. The summed E-state index contributed by atoms with van der Waals surface area (Å²) in [6.45, 7) is 9.02. The largest absolute Gasteiger partial charge is 0.462 e. The number of carbonyl (C=O) groups excluding carboxylic acids is 3. The minimum Gasteiger partial charge on any atom is -0.462 e. The van der Waals surface area contributed by atoms with E-state index < -0.39 is 6.10 Å². The molecule has 0 unspecified atom stereocenters. The van der Waals surface area contributed by atoms with Gasteiger partial charge in [-0.3, -0.25) is 14.4 Å². The van der Waals surface area contributed by atoms with Crippen molar-refractivity contribution in [3.8, 4) is 0 Å². The van der Waals surface area contributed by atoms with Crippen LogP contribution in [-0.2, 0) is 28.6 Å². The summed E-state index contributed by atoms with van der Waals surface area (Å²) in [4.78, 5) is 37.8. The average molecular weight is 863 g/mol. The summed E-state index contributed by atoms with van der Waals surface area (Å²) in [6, 6.07) is 0. The fourth-order valence-corrected chi connectivity index (χ4v) is 8.39. The first-order chi connectivity index (χ1) is 29.9. The van der Waals surface area contributed by atoms with E-state index in [1.54, 1.807) is 0 Å². The Morgan fingerprint density at radius 2 is 0.541 bits per heavy atom. The Morgan fingerprint density at radius 1 is 0.311 bits per heavy atom. The van der Waals surface area contributed by atoms with E-state index in [2.05, 4.69) is 27.7 Å². The normalized spacial score (nSPS) is 12.0. The summed E-state index contributed by atoms with van der Waals surface area (Å²) in [7, 11) is 0. The molecular formula is C55H106O6. The van der Waals surface area contributed by atoms with E-state index in [9.17, 15) is 14.4 Å². The highest BCUT2D eigenvalue weighted by molar-refractivity contribution is 5.71. The van der Waals surface area contributed by atoms with Crippen molar-refractivity contribution in [1.82, 2.24) is 0 Å². The molecule has 0 saturated carbocycles. The second kappa shape index (κ2) is 49.4. The molecule has 61 heavy (non-hydrogen) atoms. The Balaban J connectivity index is 4.09. The van der Waals surface area contributed by atoms with Crippen LogP contribution in [0.2, 0.25) is 0 Å². The number of ether oxygens (including phenoxy) is 3. The Labute approximate surface area is 380 Å². The molecule has 362 valence electrons. The predicted molar refractivity (Wildman–Crippen MR) is 261 cm³/mol. The van der Waals surface area contributed by atoms with Crippen LogP contribution < -0.4 is 0 Å². The fraction of sp³-hybridized carbons (Fsp3) is 0.945.